The Morgan fingerprint density at radius 2 is 1.82 bits per heavy atom. The maximum Gasteiger partial charge on any atom is 0.324 e. The van der Waals surface area contributed by atoms with Gasteiger partial charge in [0.05, 0.1) is 5.92 Å². The molecule has 2 aliphatic heterocycles. The van der Waals surface area contributed by atoms with Crippen molar-refractivity contribution in [2.75, 3.05) is 32.8 Å². The Balaban J connectivity index is 1.41. The first-order valence-corrected chi connectivity index (χ1v) is 9.31. The van der Waals surface area contributed by atoms with Gasteiger partial charge in [-0.15, -0.1) is 0 Å². The van der Waals surface area contributed by atoms with Crippen molar-refractivity contribution >= 4 is 29.9 Å². The maximum absolute atomic E-state index is 12.3. The van der Waals surface area contributed by atoms with Crippen LogP contribution in [0, 0.1) is 5.92 Å². The average Bonchev–Trinajstić information content (AvgIpc) is 3.17. The van der Waals surface area contributed by atoms with Crippen LogP contribution in [0.5, 0.6) is 0 Å². The first-order valence-electron chi connectivity index (χ1n) is 9.31. The van der Waals surface area contributed by atoms with Crippen molar-refractivity contribution in [3.63, 3.8) is 0 Å². The molecule has 2 aliphatic rings. The van der Waals surface area contributed by atoms with Crippen LogP contribution in [-0.2, 0) is 19.1 Å². The summed E-state index contributed by atoms with van der Waals surface area (Å²) in [6, 6.07) is 9.09. The Kier molecular flexibility index (Phi) is 6.41. The predicted molar refractivity (Wildman–Crippen MR) is 101 cm³/mol. The second-order valence-electron chi connectivity index (χ2n) is 6.73. The summed E-state index contributed by atoms with van der Waals surface area (Å²) in [5.74, 6) is -1.42. The number of nitrogens with zero attached hydrogens (tertiary/aromatic N) is 2. The van der Waals surface area contributed by atoms with Crippen molar-refractivity contribution in [2.45, 2.75) is 12.8 Å². The van der Waals surface area contributed by atoms with Crippen LogP contribution in [0.2, 0.25) is 0 Å². The summed E-state index contributed by atoms with van der Waals surface area (Å²) in [7, 11) is 0. The van der Waals surface area contributed by atoms with Crippen LogP contribution in [0.3, 0.4) is 0 Å². The van der Waals surface area contributed by atoms with Gasteiger partial charge in [0.1, 0.15) is 0 Å². The molecule has 8 nitrogen and oxygen atoms in total. The maximum atomic E-state index is 12.3. The molecule has 28 heavy (non-hydrogen) atoms. The molecule has 0 unspecified atom stereocenters. The number of esters is 1. The fraction of sp³-hybridized carbons (Fsp3) is 0.400. The zero-order valence-corrected chi connectivity index (χ0v) is 15.5. The van der Waals surface area contributed by atoms with Crippen LogP contribution < -0.4 is 5.32 Å². The summed E-state index contributed by atoms with van der Waals surface area (Å²) in [6.45, 7) is 1.17. The van der Waals surface area contributed by atoms with Crippen molar-refractivity contribution in [3.05, 3.63) is 42.0 Å². The monoisotopic (exact) mass is 385 g/mol. The second kappa shape index (κ2) is 9.16. The van der Waals surface area contributed by atoms with E-state index < -0.39 is 24.5 Å². The van der Waals surface area contributed by atoms with Crippen LogP contribution >= 0.6 is 0 Å². The van der Waals surface area contributed by atoms with E-state index in [9.17, 15) is 19.2 Å². The summed E-state index contributed by atoms with van der Waals surface area (Å²) >= 11 is 0. The van der Waals surface area contributed by atoms with Crippen LogP contribution in [0.4, 0.5) is 4.79 Å². The lowest BCUT2D eigenvalue weighted by atomic mass is 9.97. The third kappa shape index (κ3) is 4.97. The SMILES string of the molecule is O=C(OCC(=O)N1CCNC1=O)C1CCN(C(=O)/C=C/c2ccccc2)CC1. The predicted octanol–water partition coefficient (Wildman–Crippen LogP) is 1.03. The molecule has 4 amide bonds. The molecule has 1 aromatic rings. The molecule has 2 heterocycles. The standard InChI is InChI=1S/C20H23N3O5/c24-17(7-6-15-4-2-1-3-5-15)22-11-8-16(9-12-22)19(26)28-14-18(25)23-13-10-21-20(23)27/h1-7,16H,8-14H2,(H,21,27)/b7-6+. The largest absolute Gasteiger partial charge is 0.455 e. The second-order valence-corrected chi connectivity index (χ2v) is 6.73. The van der Waals surface area contributed by atoms with Gasteiger partial charge < -0.3 is 15.0 Å². The van der Waals surface area contributed by atoms with Gasteiger partial charge in [0.25, 0.3) is 5.91 Å². The molecule has 1 N–H and O–H groups in total. The zero-order chi connectivity index (χ0) is 19.9. The molecule has 2 fully saturated rings. The Morgan fingerprint density at radius 3 is 2.46 bits per heavy atom. The van der Waals surface area contributed by atoms with Gasteiger partial charge in [0.15, 0.2) is 6.61 Å². The summed E-state index contributed by atoms with van der Waals surface area (Å²) in [5, 5.41) is 2.52. The number of likely N-dealkylation sites (tertiary alicyclic amines) is 1. The lowest BCUT2D eigenvalue weighted by Crippen LogP contribution is -2.41. The number of rotatable bonds is 5. The number of carbonyl (C=O) groups excluding carboxylic acids is 4. The topological polar surface area (TPSA) is 96.0 Å². The molecule has 0 radical (unpaired) electrons. The molecule has 148 valence electrons. The number of benzene rings is 1. The highest BCUT2D eigenvalue weighted by molar-refractivity contribution is 5.97. The molecule has 2 saturated heterocycles. The molecule has 0 aliphatic carbocycles. The molecule has 3 rings (SSSR count). The molecular formula is C20H23N3O5. The number of amides is 4. The zero-order valence-electron chi connectivity index (χ0n) is 15.5. The number of imide groups is 1. The van der Waals surface area contributed by atoms with Crippen LogP contribution in [0.1, 0.15) is 18.4 Å². The van der Waals surface area contributed by atoms with E-state index in [4.69, 9.17) is 4.74 Å². The van der Waals surface area contributed by atoms with Gasteiger partial charge in [0, 0.05) is 32.3 Å². The Labute approximate surface area is 163 Å². The number of hydrogen-bond acceptors (Lipinski definition) is 5. The summed E-state index contributed by atoms with van der Waals surface area (Å²) in [5.41, 5.74) is 0.950. The van der Waals surface area contributed by atoms with E-state index in [1.807, 2.05) is 30.3 Å². The van der Waals surface area contributed by atoms with E-state index in [1.165, 1.54) is 6.08 Å². The number of piperidine rings is 1. The highest BCUT2D eigenvalue weighted by atomic mass is 16.5. The molecule has 0 saturated carbocycles. The average molecular weight is 385 g/mol. The fourth-order valence-electron chi connectivity index (χ4n) is 3.21. The van der Waals surface area contributed by atoms with Crippen LogP contribution in [-0.4, -0.2) is 66.4 Å². The van der Waals surface area contributed by atoms with Gasteiger partial charge in [-0.1, -0.05) is 30.3 Å². The minimum absolute atomic E-state index is 0.0918. The summed E-state index contributed by atoms with van der Waals surface area (Å²) in [4.78, 5) is 50.5. The van der Waals surface area contributed by atoms with E-state index in [0.717, 1.165) is 10.5 Å². The van der Waals surface area contributed by atoms with E-state index in [-0.39, 0.29) is 18.4 Å². The van der Waals surface area contributed by atoms with E-state index >= 15 is 0 Å². The van der Waals surface area contributed by atoms with Crippen molar-refractivity contribution < 1.29 is 23.9 Å². The lowest BCUT2D eigenvalue weighted by Gasteiger charge is -2.30. The fourth-order valence-corrected chi connectivity index (χ4v) is 3.21. The van der Waals surface area contributed by atoms with Gasteiger partial charge in [-0.25, -0.2) is 4.79 Å². The minimum atomic E-state index is -0.526. The molecule has 0 bridgehead atoms. The van der Waals surface area contributed by atoms with Gasteiger partial charge in [-0.05, 0) is 24.5 Å². The third-order valence-corrected chi connectivity index (χ3v) is 4.85. The van der Waals surface area contributed by atoms with Crippen molar-refractivity contribution in [1.82, 2.24) is 15.1 Å². The Bertz CT molecular complexity index is 769. The smallest absolute Gasteiger partial charge is 0.324 e. The van der Waals surface area contributed by atoms with Crippen molar-refractivity contribution in [1.29, 1.82) is 0 Å². The van der Waals surface area contributed by atoms with Crippen molar-refractivity contribution in [2.24, 2.45) is 5.92 Å². The quantitative estimate of drug-likeness (QED) is 0.603. The summed E-state index contributed by atoms with van der Waals surface area (Å²) < 4.78 is 5.08. The molecular weight excluding hydrogens is 362 g/mol. The number of carbonyl (C=O) groups is 4. The molecule has 0 aromatic heterocycles. The first-order chi connectivity index (χ1) is 13.5. The van der Waals surface area contributed by atoms with Gasteiger partial charge in [0.2, 0.25) is 5.91 Å². The van der Waals surface area contributed by atoms with Gasteiger partial charge >= 0.3 is 12.0 Å². The number of nitrogens with one attached hydrogen (secondary N) is 1. The summed E-state index contributed by atoms with van der Waals surface area (Å²) in [6.07, 6.45) is 4.28. The highest BCUT2D eigenvalue weighted by Gasteiger charge is 2.30. The lowest BCUT2D eigenvalue weighted by molar-refractivity contribution is -0.156. The minimum Gasteiger partial charge on any atom is -0.455 e. The first kappa shape index (κ1) is 19.6. The van der Waals surface area contributed by atoms with Gasteiger partial charge in [-0.2, -0.15) is 0 Å². The number of hydrogen-bond donors (Lipinski definition) is 1. The van der Waals surface area contributed by atoms with E-state index in [2.05, 4.69) is 5.32 Å². The number of ether oxygens (including phenoxy) is 1. The Hall–Kier alpha value is -3.16. The normalized spacial score (nSPS) is 17.6. The Morgan fingerprint density at radius 1 is 1.11 bits per heavy atom. The third-order valence-electron chi connectivity index (χ3n) is 4.85. The van der Waals surface area contributed by atoms with Crippen LogP contribution in [0.15, 0.2) is 36.4 Å². The molecule has 8 heteroatoms. The molecule has 0 atom stereocenters. The van der Waals surface area contributed by atoms with Gasteiger partial charge in [-0.3, -0.25) is 19.3 Å². The number of urea groups is 1. The van der Waals surface area contributed by atoms with E-state index in [1.54, 1.807) is 11.0 Å². The molecule has 1 aromatic carbocycles. The van der Waals surface area contributed by atoms with Crippen LogP contribution in [0.25, 0.3) is 6.08 Å². The van der Waals surface area contributed by atoms with E-state index in [0.29, 0.717) is 32.5 Å². The molecule has 0 spiro atoms. The highest BCUT2D eigenvalue weighted by Crippen LogP contribution is 2.19. The van der Waals surface area contributed by atoms with Crippen molar-refractivity contribution in [3.8, 4) is 0 Å².